The lowest BCUT2D eigenvalue weighted by Gasteiger charge is -2.13. The largest absolute Gasteiger partial charge is 0.324 e. The van der Waals surface area contributed by atoms with Crippen LogP contribution >= 0.6 is 0 Å². The van der Waals surface area contributed by atoms with Gasteiger partial charge in [0.15, 0.2) is 0 Å². The monoisotopic (exact) mass is 205 g/mol. The normalized spacial score (nSPS) is 14.6. The maximum Gasteiger partial charge on any atom is 0.137 e. The molecule has 1 rings (SSSR count). The minimum atomic E-state index is -0.160. The van der Waals surface area contributed by atoms with Gasteiger partial charge in [-0.2, -0.15) is 0 Å². The third-order valence-electron chi connectivity index (χ3n) is 2.81. The molecular weight excluding hydrogens is 186 g/mol. The number of carbonyl (C=O) groups excluding carboxylic acids is 1. The Morgan fingerprint density at radius 1 is 1.33 bits per heavy atom. The number of nitrogens with two attached hydrogens (primary N) is 1. The SMILES string of the molecule is CCC(C)C(=O)CC(N)c1ccccc1. The summed E-state index contributed by atoms with van der Waals surface area (Å²) in [6.07, 6.45) is 1.33. The molecule has 0 radical (unpaired) electrons. The van der Waals surface area contributed by atoms with E-state index < -0.39 is 0 Å². The van der Waals surface area contributed by atoms with E-state index in [0.717, 1.165) is 12.0 Å². The molecule has 2 N–H and O–H groups in total. The maximum absolute atomic E-state index is 11.7. The summed E-state index contributed by atoms with van der Waals surface area (Å²) < 4.78 is 0. The molecule has 15 heavy (non-hydrogen) atoms. The molecule has 0 saturated heterocycles. The van der Waals surface area contributed by atoms with E-state index in [4.69, 9.17) is 5.73 Å². The van der Waals surface area contributed by atoms with Gasteiger partial charge in [0.25, 0.3) is 0 Å². The highest BCUT2D eigenvalue weighted by Gasteiger charge is 2.15. The number of Topliss-reactive ketones (excluding diaryl/α,β-unsaturated/α-hetero) is 1. The molecular formula is C13H19NO. The summed E-state index contributed by atoms with van der Waals surface area (Å²) >= 11 is 0. The van der Waals surface area contributed by atoms with E-state index in [-0.39, 0.29) is 17.7 Å². The molecule has 0 heterocycles. The molecule has 0 amide bonds. The van der Waals surface area contributed by atoms with Crippen molar-refractivity contribution in [1.82, 2.24) is 0 Å². The molecule has 0 aliphatic rings. The Morgan fingerprint density at radius 3 is 2.47 bits per heavy atom. The zero-order valence-corrected chi connectivity index (χ0v) is 9.44. The molecule has 0 aliphatic carbocycles. The van der Waals surface area contributed by atoms with Crippen molar-refractivity contribution in [3.8, 4) is 0 Å². The van der Waals surface area contributed by atoms with Crippen molar-refractivity contribution in [3.05, 3.63) is 35.9 Å². The summed E-state index contributed by atoms with van der Waals surface area (Å²) in [7, 11) is 0. The lowest BCUT2D eigenvalue weighted by Crippen LogP contribution is -2.19. The number of carbonyl (C=O) groups is 1. The van der Waals surface area contributed by atoms with E-state index in [2.05, 4.69) is 0 Å². The van der Waals surface area contributed by atoms with Crippen LogP contribution < -0.4 is 5.73 Å². The first kappa shape index (κ1) is 11.9. The van der Waals surface area contributed by atoms with Crippen LogP contribution in [0.2, 0.25) is 0 Å². The van der Waals surface area contributed by atoms with Gasteiger partial charge in [-0.25, -0.2) is 0 Å². The molecule has 1 aromatic carbocycles. The van der Waals surface area contributed by atoms with Gasteiger partial charge in [0.1, 0.15) is 5.78 Å². The number of hydrogen-bond acceptors (Lipinski definition) is 2. The van der Waals surface area contributed by atoms with Crippen molar-refractivity contribution < 1.29 is 4.79 Å². The highest BCUT2D eigenvalue weighted by Crippen LogP contribution is 2.17. The van der Waals surface area contributed by atoms with Crippen LogP contribution in [0.25, 0.3) is 0 Å². The Balaban J connectivity index is 2.56. The van der Waals surface area contributed by atoms with Gasteiger partial charge in [-0.15, -0.1) is 0 Å². The van der Waals surface area contributed by atoms with Crippen molar-refractivity contribution in [1.29, 1.82) is 0 Å². The second kappa shape index (κ2) is 5.66. The summed E-state index contributed by atoms with van der Waals surface area (Å²) in [4.78, 5) is 11.7. The maximum atomic E-state index is 11.7. The van der Waals surface area contributed by atoms with Crippen molar-refractivity contribution in [3.63, 3.8) is 0 Å². The third kappa shape index (κ3) is 3.48. The Bertz CT molecular complexity index is 308. The Kier molecular flexibility index (Phi) is 4.50. The highest BCUT2D eigenvalue weighted by molar-refractivity contribution is 5.81. The van der Waals surface area contributed by atoms with E-state index in [0.29, 0.717) is 6.42 Å². The summed E-state index contributed by atoms with van der Waals surface area (Å²) in [5, 5.41) is 0. The minimum absolute atomic E-state index is 0.125. The fourth-order valence-corrected chi connectivity index (χ4v) is 1.46. The smallest absolute Gasteiger partial charge is 0.137 e. The van der Waals surface area contributed by atoms with Gasteiger partial charge >= 0.3 is 0 Å². The quantitative estimate of drug-likeness (QED) is 0.803. The van der Waals surface area contributed by atoms with Gasteiger partial charge in [0, 0.05) is 18.4 Å². The van der Waals surface area contributed by atoms with Crippen LogP contribution in [-0.4, -0.2) is 5.78 Å². The van der Waals surface area contributed by atoms with Crippen LogP contribution in [0, 0.1) is 5.92 Å². The van der Waals surface area contributed by atoms with Gasteiger partial charge in [-0.05, 0) is 12.0 Å². The predicted molar refractivity (Wildman–Crippen MR) is 62.4 cm³/mol. The molecule has 2 atom stereocenters. The van der Waals surface area contributed by atoms with Crippen molar-refractivity contribution in [2.75, 3.05) is 0 Å². The fourth-order valence-electron chi connectivity index (χ4n) is 1.46. The van der Waals surface area contributed by atoms with E-state index in [1.165, 1.54) is 0 Å². The van der Waals surface area contributed by atoms with Crippen molar-refractivity contribution >= 4 is 5.78 Å². The molecule has 1 aromatic rings. The molecule has 2 nitrogen and oxygen atoms in total. The van der Waals surface area contributed by atoms with E-state index >= 15 is 0 Å². The molecule has 0 spiro atoms. The van der Waals surface area contributed by atoms with Crippen LogP contribution in [0.1, 0.15) is 38.3 Å². The van der Waals surface area contributed by atoms with Gasteiger partial charge in [-0.3, -0.25) is 4.79 Å². The minimum Gasteiger partial charge on any atom is -0.324 e. The van der Waals surface area contributed by atoms with Gasteiger partial charge < -0.3 is 5.73 Å². The molecule has 2 unspecified atom stereocenters. The molecule has 0 bridgehead atoms. The number of benzene rings is 1. The zero-order chi connectivity index (χ0) is 11.3. The van der Waals surface area contributed by atoms with Gasteiger partial charge in [0.05, 0.1) is 0 Å². The molecule has 2 heteroatoms. The standard InChI is InChI=1S/C13H19NO/c1-3-10(2)13(15)9-12(14)11-7-5-4-6-8-11/h4-8,10,12H,3,9,14H2,1-2H3. The van der Waals surface area contributed by atoms with E-state index in [9.17, 15) is 4.79 Å². The third-order valence-corrected chi connectivity index (χ3v) is 2.81. The first-order valence-corrected chi connectivity index (χ1v) is 5.48. The number of rotatable bonds is 5. The fraction of sp³-hybridized carbons (Fsp3) is 0.462. The summed E-state index contributed by atoms with van der Waals surface area (Å²) in [5.41, 5.74) is 7.00. The van der Waals surface area contributed by atoms with Crippen LogP contribution in [0.3, 0.4) is 0 Å². The first-order chi connectivity index (χ1) is 7.15. The second-order valence-electron chi connectivity index (χ2n) is 4.00. The molecule has 0 aliphatic heterocycles. The van der Waals surface area contributed by atoms with Gasteiger partial charge in [-0.1, -0.05) is 44.2 Å². The summed E-state index contributed by atoms with van der Waals surface area (Å²) in [5.74, 6) is 0.383. The highest BCUT2D eigenvalue weighted by atomic mass is 16.1. The van der Waals surface area contributed by atoms with Crippen LogP contribution in [0.15, 0.2) is 30.3 Å². The van der Waals surface area contributed by atoms with E-state index in [1.807, 2.05) is 44.2 Å². The van der Waals surface area contributed by atoms with E-state index in [1.54, 1.807) is 0 Å². The number of hydrogen-bond donors (Lipinski definition) is 1. The average Bonchev–Trinajstić information content (AvgIpc) is 2.29. The van der Waals surface area contributed by atoms with Crippen molar-refractivity contribution in [2.45, 2.75) is 32.7 Å². The second-order valence-corrected chi connectivity index (χ2v) is 4.00. The summed E-state index contributed by atoms with van der Waals surface area (Å²) in [6.45, 7) is 3.98. The van der Waals surface area contributed by atoms with Crippen LogP contribution in [0.5, 0.6) is 0 Å². The van der Waals surface area contributed by atoms with Crippen molar-refractivity contribution in [2.24, 2.45) is 11.7 Å². The lowest BCUT2D eigenvalue weighted by atomic mass is 9.95. The zero-order valence-electron chi connectivity index (χ0n) is 9.44. The topological polar surface area (TPSA) is 43.1 Å². The number of ketones is 1. The summed E-state index contributed by atoms with van der Waals surface area (Å²) in [6, 6.07) is 9.62. The molecule has 82 valence electrons. The van der Waals surface area contributed by atoms with Crippen LogP contribution in [0.4, 0.5) is 0 Å². The predicted octanol–water partition coefficient (Wildman–Crippen LogP) is 2.69. The molecule has 0 aromatic heterocycles. The molecule has 0 fully saturated rings. The Labute approximate surface area is 91.5 Å². The lowest BCUT2D eigenvalue weighted by molar-refractivity contribution is -0.122. The Hall–Kier alpha value is -1.15. The van der Waals surface area contributed by atoms with Gasteiger partial charge in [0.2, 0.25) is 0 Å². The molecule has 0 saturated carbocycles. The first-order valence-electron chi connectivity index (χ1n) is 5.48. The average molecular weight is 205 g/mol. The van der Waals surface area contributed by atoms with Crippen LogP contribution in [-0.2, 0) is 4.79 Å². The Morgan fingerprint density at radius 2 is 1.93 bits per heavy atom.